The molecule has 22 heavy (non-hydrogen) atoms. The lowest BCUT2D eigenvalue weighted by atomic mass is 9.93. The first kappa shape index (κ1) is 14.9. The molecule has 2 heterocycles. The van der Waals surface area contributed by atoms with Crippen LogP contribution in [0.25, 0.3) is 0 Å². The molecule has 2 aromatic heterocycles. The second-order valence-electron chi connectivity index (χ2n) is 5.34. The number of aryl methyl sites for hydroxylation is 1. The largest absolute Gasteiger partial charge is 0.334 e. The Hall–Kier alpha value is -1.99. The Bertz CT molecular complexity index is 710. The van der Waals surface area contributed by atoms with Gasteiger partial charge in [0.05, 0.1) is 18.1 Å². The number of halogens is 1. The molecule has 2 aromatic rings. The lowest BCUT2D eigenvalue weighted by molar-refractivity contribution is 0.337. The van der Waals surface area contributed by atoms with E-state index in [2.05, 4.69) is 25.7 Å². The average Bonchev–Trinajstić information content (AvgIpc) is 2.44. The van der Waals surface area contributed by atoms with Crippen LogP contribution in [0.3, 0.4) is 0 Å². The van der Waals surface area contributed by atoms with Gasteiger partial charge in [-0.15, -0.1) is 0 Å². The summed E-state index contributed by atoms with van der Waals surface area (Å²) in [7, 11) is 1.54. The van der Waals surface area contributed by atoms with E-state index in [-0.39, 0.29) is 10.7 Å². The van der Waals surface area contributed by atoms with Gasteiger partial charge in [-0.1, -0.05) is 18.0 Å². The van der Waals surface area contributed by atoms with Gasteiger partial charge in [0.2, 0.25) is 0 Å². The van der Waals surface area contributed by atoms with Crippen LogP contribution in [-0.2, 0) is 13.6 Å². The fraction of sp³-hybridized carbons (Fsp3) is 0.429. The minimum absolute atomic E-state index is 0.235. The van der Waals surface area contributed by atoms with Crippen molar-refractivity contribution in [2.45, 2.75) is 31.8 Å². The van der Waals surface area contributed by atoms with Crippen molar-refractivity contribution in [3.8, 4) is 0 Å². The fourth-order valence-electron chi connectivity index (χ4n) is 2.17. The highest BCUT2D eigenvalue weighted by Crippen LogP contribution is 2.18. The number of hydrogen-bond acceptors (Lipinski definition) is 6. The van der Waals surface area contributed by atoms with Crippen molar-refractivity contribution < 1.29 is 0 Å². The van der Waals surface area contributed by atoms with Crippen molar-refractivity contribution in [2.24, 2.45) is 7.05 Å². The minimum Gasteiger partial charge on any atom is -0.334 e. The Balaban J connectivity index is 1.66. The molecule has 7 nitrogen and oxygen atoms in total. The van der Waals surface area contributed by atoms with Crippen molar-refractivity contribution in [2.75, 3.05) is 5.32 Å². The van der Waals surface area contributed by atoms with Crippen LogP contribution in [0, 0.1) is 0 Å². The third-order valence-corrected chi connectivity index (χ3v) is 3.86. The SMILES string of the molecule is Cn1nc(Cl)cc(Nc2cnc(CNC3CCC3)cn2)c1=O. The zero-order valence-corrected chi connectivity index (χ0v) is 13.0. The molecule has 0 atom stereocenters. The second kappa shape index (κ2) is 6.41. The van der Waals surface area contributed by atoms with Gasteiger partial charge in [0.1, 0.15) is 11.5 Å². The van der Waals surface area contributed by atoms with Crippen LogP contribution in [0.1, 0.15) is 25.0 Å². The Morgan fingerprint density at radius 1 is 1.36 bits per heavy atom. The first-order valence-electron chi connectivity index (χ1n) is 7.17. The topological polar surface area (TPSA) is 84.7 Å². The zero-order valence-electron chi connectivity index (χ0n) is 12.2. The molecule has 3 rings (SSSR count). The molecule has 0 amide bonds. The third-order valence-electron chi connectivity index (χ3n) is 3.68. The summed E-state index contributed by atoms with van der Waals surface area (Å²) in [6.07, 6.45) is 7.07. The van der Waals surface area contributed by atoms with Crippen LogP contribution in [0.15, 0.2) is 23.3 Å². The third kappa shape index (κ3) is 3.42. The van der Waals surface area contributed by atoms with E-state index in [1.807, 2.05) is 0 Å². The van der Waals surface area contributed by atoms with E-state index in [1.54, 1.807) is 19.4 Å². The van der Waals surface area contributed by atoms with Gasteiger partial charge in [0.15, 0.2) is 5.15 Å². The molecule has 0 radical (unpaired) electrons. The van der Waals surface area contributed by atoms with Crippen molar-refractivity contribution in [1.29, 1.82) is 0 Å². The molecule has 2 N–H and O–H groups in total. The number of aromatic nitrogens is 4. The Kier molecular flexibility index (Phi) is 4.35. The Labute approximate surface area is 132 Å². The summed E-state index contributed by atoms with van der Waals surface area (Å²) in [5.41, 5.74) is 0.914. The molecule has 0 saturated heterocycles. The van der Waals surface area contributed by atoms with Crippen LogP contribution in [0.2, 0.25) is 5.15 Å². The molecule has 0 aliphatic heterocycles. The fourth-order valence-corrected chi connectivity index (χ4v) is 2.39. The quantitative estimate of drug-likeness (QED) is 0.870. The second-order valence-corrected chi connectivity index (χ2v) is 5.72. The first-order chi connectivity index (χ1) is 10.6. The molecule has 0 unspecified atom stereocenters. The predicted molar refractivity (Wildman–Crippen MR) is 84.3 cm³/mol. The molecule has 1 fully saturated rings. The van der Waals surface area contributed by atoms with Gasteiger partial charge in [-0.3, -0.25) is 9.78 Å². The summed E-state index contributed by atoms with van der Waals surface area (Å²) in [4.78, 5) is 20.5. The molecular weight excluding hydrogens is 304 g/mol. The van der Waals surface area contributed by atoms with Crippen LogP contribution in [0.4, 0.5) is 11.5 Å². The number of rotatable bonds is 5. The van der Waals surface area contributed by atoms with Crippen LogP contribution in [-0.4, -0.2) is 25.8 Å². The van der Waals surface area contributed by atoms with Crippen LogP contribution >= 0.6 is 11.6 Å². The maximum Gasteiger partial charge on any atom is 0.290 e. The number of hydrogen-bond donors (Lipinski definition) is 2. The van der Waals surface area contributed by atoms with Gasteiger partial charge in [-0.2, -0.15) is 5.10 Å². The smallest absolute Gasteiger partial charge is 0.290 e. The van der Waals surface area contributed by atoms with Crippen molar-refractivity contribution in [3.05, 3.63) is 39.7 Å². The molecule has 1 saturated carbocycles. The maximum atomic E-state index is 11.9. The molecular formula is C14H17ClN6O. The van der Waals surface area contributed by atoms with Gasteiger partial charge in [0.25, 0.3) is 5.56 Å². The highest BCUT2D eigenvalue weighted by molar-refractivity contribution is 6.29. The van der Waals surface area contributed by atoms with Crippen LogP contribution in [0.5, 0.6) is 0 Å². The molecule has 116 valence electrons. The highest BCUT2D eigenvalue weighted by atomic mass is 35.5. The van der Waals surface area contributed by atoms with Gasteiger partial charge >= 0.3 is 0 Å². The van der Waals surface area contributed by atoms with Gasteiger partial charge in [-0.25, -0.2) is 9.67 Å². The highest BCUT2D eigenvalue weighted by Gasteiger charge is 2.16. The number of nitrogens with one attached hydrogen (secondary N) is 2. The monoisotopic (exact) mass is 320 g/mol. The Morgan fingerprint density at radius 3 is 2.82 bits per heavy atom. The van der Waals surface area contributed by atoms with E-state index in [9.17, 15) is 4.79 Å². The van der Waals surface area contributed by atoms with Crippen molar-refractivity contribution >= 4 is 23.1 Å². The van der Waals surface area contributed by atoms with Crippen molar-refractivity contribution in [1.82, 2.24) is 25.1 Å². The lowest BCUT2D eigenvalue weighted by Gasteiger charge is -2.26. The van der Waals surface area contributed by atoms with Gasteiger partial charge in [-0.05, 0) is 12.8 Å². The molecule has 8 heteroatoms. The average molecular weight is 321 g/mol. The molecule has 0 bridgehead atoms. The standard InChI is InChI=1S/C14H17ClN6O/c1-21-14(22)11(5-12(15)20-21)19-13-8-17-10(7-18-13)6-16-9-3-2-4-9/h5,7-9,16H,2-4,6H2,1H3,(H,18,19). The zero-order chi connectivity index (χ0) is 15.5. The molecule has 1 aliphatic rings. The van der Waals surface area contributed by atoms with Crippen LogP contribution < -0.4 is 16.2 Å². The Morgan fingerprint density at radius 2 is 2.18 bits per heavy atom. The summed E-state index contributed by atoms with van der Waals surface area (Å²) in [6.45, 7) is 0.709. The van der Waals surface area contributed by atoms with E-state index in [1.165, 1.54) is 30.0 Å². The summed E-state index contributed by atoms with van der Waals surface area (Å²) >= 11 is 5.85. The summed E-state index contributed by atoms with van der Waals surface area (Å²) in [5, 5.41) is 10.4. The van der Waals surface area contributed by atoms with E-state index in [0.717, 1.165) is 5.69 Å². The number of anilines is 2. The van der Waals surface area contributed by atoms with E-state index < -0.39 is 0 Å². The number of nitrogens with zero attached hydrogens (tertiary/aromatic N) is 4. The minimum atomic E-state index is -0.276. The normalized spacial score (nSPS) is 14.6. The van der Waals surface area contributed by atoms with Crippen molar-refractivity contribution in [3.63, 3.8) is 0 Å². The molecule has 0 spiro atoms. The molecule has 1 aliphatic carbocycles. The van der Waals surface area contributed by atoms with E-state index >= 15 is 0 Å². The van der Waals surface area contributed by atoms with E-state index in [0.29, 0.717) is 24.1 Å². The van der Waals surface area contributed by atoms with E-state index in [4.69, 9.17) is 11.6 Å². The first-order valence-corrected chi connectivity index (χ1v) is 7.55. The lowest BCUT2D eigenvalue weighted by Crippen LogP contribution is -2.34. The van der Waals surface area contributed by atoms with Gasteiger partial charge in [0, 0.05) is 25.7 Å². The summed E-state index contributed by atoms with van der Waals surface area (Å²) in [6, 6.07) is 2.08. The molecule has 0 aromatic carbocycles. The predicted octanol–water partition coefficient (Wildman–Crippen LogP) is 1.61. The maximum absolute atomic E-state index is 11.9. The summed E-state index contributed by atoms with van der Waals surface area (Å²) in [5.74, 6) is 0.492. The van der Waals surface area contributed by atoms with Gasteiger partial charge < -0.3 is 10.6 Å². The summed E-state index contributed by atoms with van der Waals surface area (Å²) < 4.78 is 1.18.